The highest BCUT2D eigenvalue weighted by atomic mass is 16.5. The van der Waals surface area contributed by atoms with Gasteiger partial charge in [-0.2, -0.15) is 0 Å². The summed E-state index contributed by atoms with van der Waals surface area (Å²) >= 11 is 0. The first-order valence-electron chi connectivity index (χ1n) is 6.36. The molecule has 4 nitrogen and oxygen atoms in total. The molecule has 102 valence electrons. The first-order valence-corrected chi connectivity index (χ1v) is 6.36. The molecule has 2 rings (SSSR count). The number of ether oxygens (including phenoxy) is 1. The molecule has 0 atom stereocenters. The molecule has 0 radical (unpaired) electrons. The Morgan fingerprint density at radius 2 is 1.95 bits per heavy atom. The zero-order valence-electron chi connectivity index (χ0n) is 12.2. The van der Waals surface area contributed by atoms with Crippen LogP contribution in [0.4, 0.5) is 0 Å². The van der Waals surface area contributed by atoms with Crippen LogP contribution in [0.1, 0.15) is 22.4 Å². The fourth-order valence-corrected chi connectivity index (χ4v) is 2.54. The van der Waals surface area contributed by atoms with Crippen LogP contribution in [-0.2, 0) is 13.6 Å². The Labute approximate surface area is 114 Å². The zero-order valence-corrected chi connectivity index (χ0v) is 12.2. The molecule has 0 amide bonds. The summed E-state index contributed by atoms with van der Waals surface area (Å²) in [6, 6.07) is 2.13. The molecule has 0 unspecified atom stereocenters. The van der Waals surface area contributed by atoms with Crippen LogP contribution >= 0.6 is 0 Å². The summed E-state index contributed by atoms with van der Waals surface area (Å²) in [5, 5.41) is 0. The van der Waals surface area contributed by atoms with Gasteiger partial charge in [-0.15, -0.1) is 0 Å². The first-order chi connectivity index (χ1) is 9.01. The fraction of sp³-hybridized carbons (Fsp3) is 0.400. The van der Waals surface area contributed by atoms with Gasteiger partial charge in [0.15, 0.2) is 0 Å². The van der Waals surface area contributed by atoms with E-state index in [1.165, 1.54) is 5.56 Å². The quantitative estimate of drug-likeness (QED) is 0.921. The summed E-state index contributed by atoms with van der Waals surface area (Å²) in [7, 11) is 3.68. The molecule has 0 saturated carbocycles. The van der Waals surface area contributed by atoms with Gasteiger partial charge >= 0.3 is 0 Å². The van der Waals surface area contributed by atoms with Gasteiger partial charge < -0.3 is 15.0 Å². The molecular formula is C15H21N3O. The highest BCUT2D eigenvalue weighted by molar-refractivity contribution is 5.70. The highest BCUT2D eigenvalue weighted by Gasteiger charge is 2.16. The van der Waals surface area contributed by atoms with Crippen LogP contribution in [0.2, 0.25) is 0 Å². The van der Waals surface area contributed by atoms with E-state index in [-0.39, 0.29) is 0 Å². The number of imidazole rings is 1. The Bertz CT molecular complexity index is 614. The number of aryl methyl sites for hydroxylation is 2. The maximum Gasteiger partial charge on any atom is 0.124 e. The Hall–Kier alpha value is -1.81. The maximum atomic E-state index is 5.83. The number of nitrogens with zero attached hydrogens (tertiary/aromatic N) is 2. The smallest absolute Gasteiger partial charge is 0.124 e. The minimum atomic E-state index is 0.482. The number of hydrogen-bond donors (Lipinski definition) is 1. The lowest BCUT2D eigenvalue weighted by atomic mass is 9.95. The topological polar surface area (TPSA) is 53.1 Å². The van der Waals surface area contributed by atoms with Crippen molar-refractivity contribution in [2.24, 2.45) is 12.8 Å². The van der Waals surface area contributed by atoms with Crippen molar-refractivity contribution < 1.29 is 4.74 Å². The minimum absolute atomic E-state index is 0.482. The largest absolute Gasteiger partial charge is 0.496 e. The summed E-state index contributed by atoms with van der Waals surface area (Å²) in [4.78, 5) is 4.50. The van der Waals surface area contributed by atoms with Gasteiger partial charge in [0.05, 0.1) is 24.8 Å². The third-order valence-electron chi connectivity index (χ3n) is 3.74. The monoisotopic (exact) mass is 259 g/mol. The lowest BCUT2D eigenvalue weighted by Gasteiger charge is -2.15. The Morgan fingerprint density at radius 1 is 1.26 bits per heavy atom. The second-order valence-corrected chi connectivity index (χ2v) is 4.88. The number of hydrogen-bond acceptors (Lipinski definition) is 3. The third kappa shape index (κ3) is 2.12. The molecule has 2 aromatic rings. The van der Waals surface area contributed by atoms with Gasteiger partial charge in [-0.25, -0.2) is 4.98 Å². The molecule has 19 heavy (non-hydrogen) atoms. The molecule has 1 heterocycles. The van der Waals surface area contributed by atoms with E-state index in [0.29, 0.717) is 6.54 Å². The van der Waals surface area contributed by atoms with Crippen LogP contribution in [0.25, 0.3) is 11.3 Å². The summed E-state index contributed by atoms with van der Waals surface area (Å²) in [6.07, 6.45) is 1.81. The fourth-order valence-electron chi connectivity index (χ4n) is 2.54. The summed E-state index contributed by atoms with van der Waals surface area (Å²) in [5.41, 5.74) is 12.5. The number of rotatable bonds is 3. The van der Waals surface area contributed by atoms with E-state index in [2.05, 4.69) is 31.8 Å². The van der Waals surface area contributed by atoms with E-state index in [1.807, 2.05) is 17.9 Å². The average Bonchev–Trinajstić information content (AvgIpc) is 2.75. The van der Waals surface area contributed by atoms with E-state index in [1.54, 1.807) is 7.11 Å². The van der Waals surface area contributed by atoms with E-state index in [0.717, 1.165) is 33.8 Å². The van der Waals surface area contributed by atoms with Crippen molar-refractivity contribution in [1.29, 1.82) is 0 Å². The van der Waals surface area contributed by atoms with E-state index in [9.17, 15) is 0 Å². The molecule has 0 fully saturated rings. The molecule has 0 aliphatic rings. The van der Waals surface area contributed by atoms with Crippen molar-refractivity contribution in [1.82, 2.24) is 9.55 Å². The van der Waals surface area contributed by atoms with Crippen molar-refractivity contribution in [2.45, 2.75) is 27.3 Å². The predicted molar refractivity (Wildman–Crippen MR) is 77.3 cm³/mol. The molecule has 0 bridgehead atoms. The van der Waals surface area contributed by atoms with Gasteiger partial charge in [0.1, 0.15) is 5.75 Å². The Morgan fingerprint density at radius 3 is 2.53 bits per heavy atom. The van der Waals surface area contributed by atoms with Gasteiger partial charge in [-0.05, 0) is 43.5 Å². The minimum Gasteiger partial charge on any atom is -0.496 e. The van der Waals surface area contributed by atoms with Crippen molar-refractivity contribution in [3.63, 3.8) is 0 Å². The van der Waals surface area contributed by atoms with Gasteiger partial charge in [-0.1, -0.05) is 0 Å². The van der Waals surface area contributed by atoms with Crippen molar-refractivity contribution in [3.05, 3.63) is 34.8 Å². The van der Waals surface area contributed by atoms with Crippen LogP contribution in [0, 0.1) is 20.8 Å². The van der Waals surface area contributed by atoms with Crippen molar-refractivity contribution in [2.75, 3.05) is 7.11 Å². The zero-order chi connectivity index (χ0) is 14.2. The molecule has 0 aliphatic carbocycles. The number of methoxy groups -OCH3 is 1. The van der Waals surface area contributed by atoms with Crippen LogP contribution in [0.5, 0.6) is 5.75 Å². The Balaban J connectivity index is 2.70. The van der Waals surface area contributed by atoms with Crippen LogP contribution in [-0.4, -0.2) is 16.7 Å². The molecule has 4 heteroatoms. The molecule has 0 saturated heterocycles. The van der Waals surface area contributed by atoms with E-state index >= 15 is 0 Å². The molecule has 1 aromatic heterocycles. The van der Waals surface area contributed by atoms with Gasteiger partial charge in [0.25, 0.3) is 0 Å². The van der Waals surface area contributed by atoms with Crippen LogP contribution in [0.15, 0.2) is 12.4 Å². The summed E-state index contributed by atoms with van der Waals surface area (Å²) < 4.78 is 7.43. The SMILES string of the molecule is COc1c(C)cc(-c2ncn(C)c2CN)c(C)c1C. The first kappa shape index (κ1) is 13.6. The summed E-state index contributed by atoms with van der Waals surface area (Å²) in [5.74, 6) is 0.950. The molecule has 2 N–H and O–H groups in total. The van der Waals surface area contributed by atoms with Gasteiger partial charge in [0, 0.05) is 19.2 Å². The van der Waals surface area contributed by atoms with Crippen LogP contribution < -0.4 is 10.5 Å². The lowest BCUT2D eigenvalue weighted by molar-refractivity contribution is 0.408. The van der Waals surface area contributed by atoms with Gasteiger partial charge in [-0.3, -0.25) is 0 Å². The van der Waals surface area contributed by atoms with Gasteiger partial charge in [0.2, 0.25) is 0 Å². The van der Waals surface area contributed by atoms with Crippen molar-refractivity contribution >= 4 is 0 Å². The lowest BCUT2D eigenvalue weighted by Crippen LogP contribution is -2.05. The average molecular weight is 259 g/mol. The normalized spacial score (nSPS) is 10.8. The Kier molecular flexibility index (Phi) is 3.62. The molecule has 0 spiro atoms. The third-order valence-corrected chi connectivity index (χ3v) is 3.74. The molecule has 0 aliphatic heterocycles. The number of nitrogens with two attached hydrogens (primary N) is 1. The maximum absolute atomic E-state index is 5.83. The molecular weight excluding hydrogens is 238 g/mol. The summed E-state index contributed by atoms with van der Waals surface area (Å²) in [6.45, 7) is 6.71. The van der Waals surface area contributed by atoms with E-state index in [4.69, 9.17) is 10.5 Å². The molecule has 1 aromatic carbocycles. The number of aromatic nitrogens is 2. The van der Waals surface area contributed by atoms with Crippen LogP contribution in [0.3, 0.4) is 0 Å². The predicted octanol–water partition coefficient (Wildman–Crippen LogP) is 2.48. The second kappa shape index (κ2) is 5.05. The van der Waals surface area contributed by atoms with Crippen molar-refractivity contribution in [3.8, 4) is 17.0 Å². The highest BCUT2D eigenvalue weighted by Crippen LogP contribution is 2.34. The standard InChI is InChI=1S/C15H21N3O/c1-9-6-12(10(2)11(3)15(9)19-5)14-13(7-16)18(4)8-17-14/h6,8H,7,16H2,1-5H3. The second-order valence-electron chi connectivity index (χ2n) is 4.88. The van der Waals surface area contributed by atoms with E-state index < -0.39 is 0 Å². The number of benzene rings is 1.